The fourth-order valence-corrected chi connectivity index (χ4v) is 5.83. The molecule has 4 rings (SSSR count). The van der Waals surface area contributed by atoms with Crippen LogP contribution < -0.4 is 4.90 Å². The van der Waals surface area contributed by atoms with Crippen LogP contribution in [0.1, 0.15) is 37.1 Å². The first-order valence-electron chi connectivity index (χ1n) is 8.47. The molecule has 2 aliphatic rings. The summed E-state index contributed by atoms with van der Waals surface area (Å²) >= 11 is 0. The van der Waals surface area contributed by atoms with E-state index in [0.29, 0.717) is 18.8 Å². The van der Waals surface area contributed by atoms with Gasteiger partial charge >= 0.3 is 7.60 Å². The van der Waals surface area contributed by atoms with E-state index in [9.17, 15) is 9.36 Å². The van der Waals surface area contributed by atoms with E-state index >= 15 is 0 Å². The van der Waals surface area contributed by atoms with E-state index in [0.717, 1.165) is 16.8 Å². The van der Waals surface area contributed by atoms with Crippen molar-refractivity contribution in [1.29, 1.82) is 0 Å². The summed E-state index contributed by atoms with van der Waals surface area (Å²) in [5, 5.41) is 4.41. The fourth-order valence-electron chi connectivity index (χ4n) is 3.65. The lowest BCUT2D eigenvalue weighted by Gasteiger charge is -2.38. The number of hydrogen-bond acceptors (Lipinski definition) is 5. The van der Waals surface area contributed by atoms with Gasteiger partial charge in [0.05, 0.1) is 31.6 Å². The Morgan fingerprint density at radius 1 is 1.20 bits per heavy atom. The number of nitrogens with zero attached hydrogens (tertiary/aromatic N) is 3. The maximum absolute atomic E-state index is 13.6. The number of carbonyl (C=O) groups excluding carboxylic acids is 1. The molecule has 1 aromatic carbocycles. The van der Waals surface area contributed by atoms with Crippen molar-refractivity contribution in [2.24, 2.45) is 0 Å². The average molecular weight is 361 g/mol. The molecule has 8 heteroatoms. The standard InChI is InChI=1S/C17H20N3O4P/c1-3-23-25(22,24-4-2)16-12-7-5-6-8-14(12)20-15(21)9-10-19-17(20)13(16)11-18-19/h5-8,11,16H,3-4,9-10H2,1-2H3/t16-/m0/s1. The smallest absolute Gasteiger partial charge is 0.308 e. The van der Waals surface area contributed by atoms with Crippen molar-refractivity contribution in [2.45, 2.75) is 32.5 Å². The van der Waals surface area contributed by atoms with Crippen molar-refractivity contribution in [3.8, 4) is 0 Å². The Bertz CT molecular complexity index is 869. The molecule has 1 aromatic heterocycles. The van der Waals surface area contributed by atoms with E-state index in [1.807, 2.05) is 24.3 Å². The summed E-state index contributed by atoms with van der Waals surface area (Å²) in [5.41, 5.74) is 1.63. The van der Waals surface area contributed by atoms with Crippen molar-refractivity contribution >= 4 is 25.0 Å². The molecule has 0 bridgehead atoms. The molecule has 1 atom stereocenters. The number of carbonyl (C=O) groups is 1. The molecule has 1 amide bonds. The molecule has 0 aliphatic carbocycles. The number of aromatic nitrogens is 2. The topological polar surface area (TPSA) is 73.7 Å². The van der Waals surface area contributed by atoms with Crippen molar-refractivity contribution in [2.75, 3.05) is 18.1 Å². The van der Waals surface area contributed by atoms with E-state index in [-0.39, 0.29) is 19.1 Å². The predicted octanol–water partition coefficient (Wildman–Crippen LogP) is 3.62. The van der Waals surface area contributed by atoms with E-state index in [2.05, 4.69) is 5.10 Å². The van der Waals surface area contributed by atoms with Crippen LogP contribution in [0, 0.1) is 0 Å². The lowest BCUT2D eigenvalue weighted by molar-refractivity contribution is -0.118. The Kier molecular flexibility index (Phi) is 4.02. The third-order valence-corrected chi connectivity index (χ3v) is 6.96. The third-order valence-electron chi connectivity index (χ3n) is 4.54. The van der Waals surface area contributed by atoms with Gasteiger partial charge in [0, 0.05) is 12.0 Å². The monoisotopic (exact) mass is 361 g/mol. The SMILES string of the molecule is CCOP(=O)(OCC)[C@H]1c2ccccc2N2C(=O)CCn3ncc1c32. The molecule has 0 N–H and O–H groups in total. The molecule has 0 saturated heterocycles. The zero-order valence-electron chi connectivity index (χ0n) is 14.2. The normalized spacial score (nSPS) is 18.9. The molecule has 7 nitrogen and oxygen atoms in total. The van der Waals surface area contributed by atoms with Crippen molar-refractivity contribution in [3.63, 3.8) is 0 Å². The summed E-state index contributed by atoms with van der Waals surface area (Å²) in [6.45, 7) is 4.67. The van der Waals surface area contributed by atoms with E-state index in [4.69, 9.17) is 9.05 Å². The Hall–Kier alpha value is -1.95. The van der Waals surface area contributed by atoms with Crippen molar-refractivity contribution < 1.29 is 18.4 Å². The number of amides is 1. The van der Waals surface area contributed by atoms with Gasteiger partial charge in [0.15, 0.2) is 0 Å². The van der Waals surface area contributed by atoms with Gasteiger partial charge in [-0.1, -0.05) is 18.2 Å². The molecule has 0 unspecified atom stereocenters. The number of anilines is 2. The highest BCUT2D eigenvalue weighted by Gasteiger charge is 2.48. The van der Waals surface area contributed by atoms with E-state index < -0.39 is 13.3 Å². The van der Waals surface area contributed by atoms with Gasteiger partial charge in [0.25, 0.3) is 0 Å². The summed E-state index contributed by atoms with van der Waals surface area (Å²) in [6.07, 6.45) is 2.08. The predicted molar refractivity (Wildman–Crippen MR) is 93.1 cm³/mol. The van der Waals surface area contributed by atoms with Crippen molar-refractivity contribution in [3.05, 3.63) is 41.6 Å². The van der Waals surface area contributed by atoms with Crippen LogP contribution in [-0.2, 0) is 25.0 Å². The summed E-state index contributed by atoms with van der Waals surface area (Å²) in [6, 6.07) is 7.49. The molecule has 3 heterocycles. The lowest BCUT2D eigenvalue weighted by Crippen LogP contribution is -2.37. The number of aryl methyl sites for hydroxylation is 1. The van der Waals surface area contributed by atoms with Crippen molar-refractivity contribution in [1.82, 2.24) is 9.78 Å². The number of benzene rings is 1. The van der Waals surface area contributed by atoms with Gasteiger partial charge in [-0.15, -0.1) is 0 Å². The van der Waals surface area contributed by atoms with Crippen LogP contribution in [0.2, 0.25) is 0 Å². The molecule has 2 aromatic rings. The van der Waals surface area contributed by atoms with Crippen LogP contribution in [0.3, 0.4) is 0 Å². The van der Waals surface area contributed by atoms with Crippen LogP contribution >= 0.6 is 7.60 Å². The Balaban J connectivity index is 1.98. The van der Waals surface area contributed by atoms with Gasteiger partial charge in [-0.3, -0.25) is 14.3 Å². The van der Waals surface area contributed by atoms with Crippen LogP contribution in [0.15, 0.2) is 30.5 Å². The molecule has 132 valence electrons. The number of para-hydroxylation sites is 1. The van der Waals surface area contributed by atoms with Gasteiger partial charge in [0.2, 0.25) is 5.91 Å². The molecule has 0 radical (unpaired) electrons. The Labute approximate surface area is 146 Å². The summed E-state index contributed by atoms with van der Waals surface area (Å²) in [5.74, 6) is 0.697. The highest BCUT2D eigenvalue weighted by molar-refractivity contribution is 7.54. The van der Waals surface area contributed by atoms with E-state index in [1.54, 1.807) is 29.6 Å². The van der Waals surface area contributed by atoms with Crippen LogP contribution in [0.5, 0.6) is 0 Å². The minimum Gasteiger partial charge on any atom is -0.308 e. The van der Waals surface area contributed by atoms with Crippen LogP contribution in [0.25, 0.3) is 0 Å². The third kappa shape index (κ3) is 2.38. The number of rotatable bonds is 5. The Morgan fingerprint density at radius 2 is 1.92 bits per heavy atom. The molecule has 0 fully saturated rings. The minimum absolute atomic E-state index is 0.0165. The number of fused-ring (bicyclic) bond motifs is 2. The van der Waals surface area contributed by atoms with Gasteiger partial charge in [-0.05, 0) is 25.5 Å². The molecule has 2 aliphatic heterocycles. The molecular formula is C17H20N3O4P. The maximum atomic E-state index is 13.6. The summed E-state index contributed by atoms with van der Waals surface area (Å²) < 4.78 is 26.7. The minimum atomic E-state index is -3.47. The first kappa shape index (κ1) is 16.5. The molecule has 0 saturated carbocycles. The average Bonchev–Trinajstić information content (AvgIpc) is 3.01. The van der Waals surface area contributed by atoms with Crippen LogP contribution in [-0.4, -0.2) is 28.9 Å². The second-order valence-electron chi connectivity index (χ2n) is 5.96. The van der Waals surface area contributed by atoms with Gasteiger partial charge in [-0.2, -0.15) is 5.10 Å². The molecule has 25 heavy (non-hydrogen) atoms. The zero-order valence-corrected chi connectivity index (χ0v) is 15.1. The zero-order chi connectivity index (χ0) is 17.6. The first-order chi connectivity index (χ1) is 12.1. The fraction of sp³-hybridized carbons (Fsp3) is 0.412. The largest absolute Gasteiger partial charge is 0.342 e. The Morgan fingerprint density at radius 3 is 2.64 bits per heavy atom. The molecule has 0 spiro atoms. The summed E-state index contributed by atoms with van der Waals surface area (Å²) in [7, 11) is -3.47. The second-order valence-corrected chi connectivity index (χ2v) is 8.08. The quantitative estimate of drug-likeness (QED) is 0.761. The highest BCUT2D eigenvalue weighted by Crippen LogP contribution is 2.68. The van der Waals surface area contributed by atoms with Gasteiger partial charge in [0.1, 0.15) is 11.5 Å². The van der Waals surface area contributed by atoms with E-state index in [1.165, 1.54) is 0 Å². The van der Waals surface area contributed by atoms with Crippen LogP contribution in [0.4, 0.5) is 11.5 Å². The highest BCUT2D eigenvalue weighted by atomic mass is 31.2. The van der Waals surface area contributed by atoms with Gasteiger partial charge in [-0.25, -0.2) is 4.68 Å². The van der Waals surface area contributed by atoms with Gasteiger partial charge < -0.3 is 9.05 Å². The number of hydrogen-bond donors (Lipinski definition) is 0. The second kappa shape index (κ2) is 6.09. The lowest BCUT2D eigenvalue weighted by atomic mass is 9.98. The maximum Gasteiger partial charge on any atom is 0.342 e. The summed E-state index contributed by atoms with van der Waals surface area (Å²) in [4.78, 5) is 14.3. The first-order valence-corrected chi connectivity index (χ1v) is 10.1. The molecular weight excluding hydrogens is 341 g/mol.